The summed E-state index contributed by atoms with van der Waals surface area (Å²) in [6.45, 7) is 8.78. The van der Waals surface area contributed by atoms with Crippen molar-refractivity contribution in [1.29, 1.82) is 0 Å². The summed E-state index contributed by atoms with van der Waals surface area (Å²) in [4.78, 5) is 33.9. The van der Waals surface area contributed by atoms with Gasteiger partial charge in [0, 0.05) is 65.0 Å². The molecule has 0 saturated carbocycles. The van der Waals surface area contributed by atoms with Crippen molar-refractivity contribution in [3.05, 3.63) is 70.4 Å². The van der Waals surface area contributed by atoms with E-state index in [9.17, 15) is 9.59 Å². The Morgan fingerprint density at radius 1 is 0.974 bits per heavy atom. The molecule has 0 bridgehead atoms. The Morgan fingerprint density at radius 2 is 1.74 bits per heavy atom. The summed E-state index contributed by atoms with van der Waals surface area (Å²) >= 11 is 6.56. The normalized spacial score (nSPS) is 13.3. The lowest BCUT2D eigenvalue weighted by Crippen LogP contribution is -2.16. The zero-order valence-electron chi connectivity index (χ0n) is 22.6. The van der Waals surface area contributed by atoms with E-state index >= 15 is 0 Å². The van der Waals surface area contributed by atoms with Gasteiger partial charge in [-0.1, -0.05) is 45.4 Å². The minimum absolute atomic E-state index is 0.0232. The number of Topliss-reactive ketones (excluding diaryl/α,β-unsaturated/α-hetero) is 2. The number of fused-ring (bicyclic) bond motifs is 1. The van der Waals surface area contributed by atoms with E-state index in [0.29, 0.717) is 47.2 Å². The summed E-state index contributed by atoms with van der Waals surface area (Å²) in [6, 6.07) is 10.8. The molecule has 0 fully saturated rings. The second-order valence-corrected chi connectivity index (χ2v) is 11.0. The monoisotopic (exact) mass is 532 g/mol. The van der Waals surface area contributed by atoms with E-state index in [1.54, 1.807) is 31.5 Å². The summed E-state index contributed by atoms with van der Waals surface area (Å²) in [5.74, 6) is 1.97. The first-order chi connectivity index (χ1) is 18.1. The third-order valence-corrected chi connectivity index (χ3v) is 6.86. The molecule has 2 aromatic carbocycles. The lowest BCUT2D eigenvalue weighted by molar-refractivity contribution is -0.118. The first-order valence-electron chi connectivity index (χ1n) is 12.8. The number of methoxy groups -OCH3 is 1. The van der Waals surface area contributed by atoms with Crippen LogP contribution in [0.5, 0.6) is 17.2 Å². The molecule has 0 spiro atoms. The number of hydrogen-bond donors (Lipinski definition) is 0. The molecule has 0 atom stereocenters. The molecule has 1 aliphatic rings. The van der Waals surface area contributed by atoms with Crippen LogP contribution in [0.2, 0.25) is 5.02 Å². The Hall–Kier alpha value is -3.51. The van der Waals surface area contributed by atoms with Gasteiger partial charge in [-0.3, -0.25) is 19.6 Å². The Balaban J connectivity index is 1.49. The highest BCUT2D eigenvalue weighted by Crippen LogP contribution is 2.35. The molecule has 0 radical (unpaired) electrons. The van der Waals surface area contributed by atoms with E-state index in [2.05, 4.69) is 36.8 Å². The van der Waals surface area contributed by atoms with Crippen molar-refractivity contribution in [2.45, 2.75) is 53.4 Å². The van der Waals surface area contributed by atoms with Crippen molar-refractivity contribution in [1.82, 2.24) is 4.98 Å². The number of carbonyl (C=O) groups is 2. The first kappa shape index (κ1) is 27.5. The van der Waals surface area contributed by atoms with Crippen molar-refractivity contribution in [2.24, 2.45) is 10.4 Å². The molecule has 0 aliphatic carbocycles. The molecule has 1 aliphatic heterocycles. The molecule has 7 heteroatoms. The van der Waals surface area contributed by atoms with Gasteiger partial charge < -0.3 is 9.47 Å². The number of ether oxygens (including phenoxy) is 2. The average Bonchev–Trinajstić information content (AvgIpc) is 3.34. The van der Waals surface area contributed by atoms with Crippen LogP contribution in [0.15, 0.2) is 59.2 Å². The molecular formula is C31H33ClN2O4. The summed E-state index contributed by atoms with van der Waals surface area (Å²) in [5.41, 5.74) is 4.28. The van der Waals surface area contributed by atoms with Gasteiger partial charge in [-0.2, -0.15) is 0 Å². The molecule has 0 unspecified atom stereocenters. The van der Waals surface area contributed by atoms with Crippen molar-refractivity contribution < 1.29 is 19.1 Å². The maximum absolute atomic E-state index is 12.8. The van der Waals surface area contributed by atoms with Gasteiger partial charge >= 0.3 is 0 Å². The predicted molar refractivity (Wildman–Crippen MR) is 152 cm³/mol. The van der Waals surface area contributed by atoms with Gasteiger partial charge in [0.1, 0.15) is 28.8 Å². The number of ketones is 2. The molecule has 4 rings (SSSR count). The number of nitrogens with zero attached hydrogens (tertiary/aromatic N) is 2. The fourth-order valence-electron chi connectivity index (χ4n) is 4.37. The molecule has 3 aromatic rings. The SMILES string of the molecule is CCC(=O)Cc1cc2c(Oc3ccc(CC(=O)CC4=CC(C(C)(C)C)=NC4)c(Cl)c3)ccnc2cc1OC. The molecule has 6 nitrogen and oxygen atoms in total. The number of hydrogen-bond acceptors (Lipinski definition) is 6. The Labute approximate surface area is 228 Å². The van der Waals surface area contributed by atoms with Crippen molar-refractivity contribution in [2.75, 3.05) is 13.7 Å². The zero-order valence-corrected chi connectivity index (χ0v) is 23.3. The standard InChI is InChI=1S/C31H33ClN2O4/c1-6-22(35)14-21-15-25-27(17-29(21)37-5)33-10-9-28(25)38-24-8-7-20(26(32)16-24)13-23(36)11-19-12-30(34-18-19)31(2,3)4/h7-10,12,15-17H,6,11,13-14,18H2,1-5H3. The minimum atomic E-state index is -0.0232. The topological polar surface area (TPSA) is 77.9 Å². The second-order valence-electron chi connectivity index (χ2n) is 10.6. The Bertz CT molecular complexity index is 1450. The summed E-state index contributed by atoms with van der Waals surface area (Å²) in [5, 5.41) is 1.24. The van der Waals surface area contributed by atoms with E-state index in [-0.39, 0.29) is 29.8 Å². The fraction of sp³-hybridized carbons (Fsp3) is 0.355. The number of rotatable bonds is 10. The number of carbonyl (C=O) groups excluding carboxylic acids is 2. The van der Waals surface area contributed by atoms with Gasteiger partial charge in [-0.05, 0) is 41.5 Å². The molecule has 0 N–H and O–H groups in total. The number of aromatic nitrogens is 1. The Kier molecular flexibility index (Phi) is 8.32. The maximum atomic E-state index is 12.8. The quantitative estimate of drug-likeness (QED) is 0.277. The predicted octanol–water partition coefficient (Wildman–Crippen LogP) is 7.14. The van der Waals surface area contributed by atoms with Crippen LogP contribution in [0, 0.1) is 5.41 Å². The van der Waals surface area contributed by atoms with E-state index < -0.39 is 0 Å². The van der Waals surface area contributed by atoms with Crippen molar-refractivity contribution >= 4 is 39.8 Å². The highest BCUT2D eigenvalue weighted by molar-refractivity contribution is 6.31. The van der Waals surface area contributed by atoms with Crippen LogP contribution in [0.3, 0.4) is 0 Å². The van der Waals surface area contributed by atoms with E-state index in [4.69, 9.17) is 21.1 Å². The average molecular weight is 533 g/mol. The smallest absolute Gasteiger partial charge is 0.141 e. The van der Waals surface area contributed by atoms with Gasteiger partial charge in [0.2, 0.25) is 0 Å². The van der Waals surface area contributed by atoms with Crippen LogP contribution in [0.4, 0.5) is 0 Å². The summed E-state index contributed by atoms with van der Waals surface area (Å²) in [7, 11) is 1.58. The van der Waals surface area contributed by atoms with Crippen LogP contribution in [-0.2, 0) is 22.4 Å². The molecule has 0 saturated heterocycles. The molecule has 2 heterocycles. The highest BCUT2D eigenvalue weighted by atomic mass is 35.5. The number of benzene rings is 2. The van der Waals surface area contributed by atoms with E-state index in [1.165, 1.54) is 0 Å². The lowest BCUT2D eigenvalue weighted by Gasteiger charge is -2.16. The third-order valence-electron chi connectivity index (χ3n) is 6.51. The summed E-state index contributed by atoms with van der Waals surface area (Å²) in [6.07, 6.45) is 5.05. The van der Waals surface area contributed by atoms with Gasteiger partial charge in [0.25, 0.3) is 0 Å². The van der Waals surface area contributed by atoms with Crippen LogP contribution < -0.4 is 9.47 Å². The van der Waals surface area contributed by atoms with Gasteiger partial charge in [0.05, 0.1) is 19.2 Å². The number of aliphatic imine (C=N–C) groups is 1. The summed E-state index contributed by atoms with van der Waals surface area (Å²) < 4.78 is 11.7. The van der Waals surface area contributed by atoms with E-state index in [0.717, 1.165) is 27.8 Å². The van der Waals surface area contributed by atoms with Crippen LogP contribution in [0.25, 0.3) is 10.9 Å². The molecule has 198 valence electrons. The van der Waals surface area contributed by atoms with Gasteiger partial charge in [0.15, 0.2) is 0 Å². The fourth-order valence-corrected chi connectivity index (χ4v) is 4.61. The number of halogens is 1. The second kappa shape index (κ2) is 11.5. The molecule has 38 heavy (non-hydrogen) atoms. The van der Waals surface area contributed by atoms with Gasteiger partial charge in [-0.15, -0.1) is 0 Å². The van der Waals surface area contributed by atoms with Crippen molar-refractivity contribution in [3.8, 4) is 17.2 Å². The van der Waals surface area contributed by atoms with Gasteiger partial charge in [-0.25, -0.2) is 0 Å². The first-order valence-corrected chi connectivity index (χ1v) is 13.1. The molecule has 0 amide bonds. The lowest BCUT2D eigenvalue weighted by atomic mass is 9.89. The number of allylic oxidation sites excluding steroid dienone is 1. The minimum Gasteiger partial charge on any atom is -0.496 e. The zero-order chi connectivity index (χ0) is 27.4. The molecule has 1 aromatic heterocycles. The van der Waals surface area contributed by atoms with E-state index in [1.807, 2.05) is 25.1 Å². The highest BCUT2D eigenvalue weighted by Gasteiger charge is 2.22. The van der Waals surface area contributed by atoms with Crippen molar-refractivity contribution in [3.63, 3.8) is 0 Å². The molecular weight excluding hydrogens is 500 g/mol. The Morgan fingerprint density at radius 3 is 2.39 bits per heavy atom. The third kappa shape index (κ3) is 6.48. The number of pyridine rings is 1. The van der Waals surface area contributed by atoms with Crippen LogP contribution >= 0.6 is 11.6 Å². The largest absolute Gasteiger partial charge is 0.496 e. The maximum Gasteiger partial charge on any atom is 0.141 e. The van der Waals surface area contributed by atoms with Crippen LogP contribution in [-0.4, -0.2) is 35.9 Å². The van der Waals surface area contributed by atoms with Crippen LogP contribution in [0.1, 0.15) is 51.7 Å².